The van der Waals surface area contributed by atoms with Gasteiger partial charge in [-0.05, 0) is 97.6 Å². The Hall–Kier alpha value is -2.00. The van der Waals surface area contributed by atoms with Gasteiger partial charge in [-0.3, -0.25) is 4.79 Å². The van der Waals surface area contributed by atoms with Gasteiger partial charge in [0.25, 0.3) is 5.91 Å². The molecule has 0 atom stereocenters. The van der Waals surface area contributed by atoms with Gasteiger partial charge in [-0.15, -0.1) is 0 Å². The summed E-state index contributed by atoms with van der Waals surface area (Å²) in [4.78, 5) is 12.5. The summed E-state index contributed by atoms with van der Waals surface area (Å²) < 4.78 is 0. The average Bonchev–Trinajstić information content (AvgIpc) is 2.61. The molecule has 0 unspecified atom stereocenters. The van der Waals surface area contributed by atoms with Crippen molar-refractivity contribution < 1.29 is 4.79 Å². The quantitative estimate of drug-likeness (QED) is 0.676. The van der Waals surface area contributed by atoms with Crippen LogP contribution in [0.5, 0.6) is 0 Å². The summed E-state index contributed by atoms with van der Waals surface area (Å²) in [5.41, 5.74) is 9.35. The SMILES string of the molecule is Nc1ccc(C(=O)Nc2ccc(C34CC5CC(CC(C5)C3)C4)cc2)c(Cl)c1. The van der Waals surface area contributed by atoms with Gasteiger partial charge in [-0.2, -0.15) is 0 Å². The first kappa shape index (κ1) is 17.1. The Kier molecular flexibility index (Phi) is 3.98. The van der Waals surface area contributed by atoms with Gasteiger partial charge in [-0.25, -0.2) is 0 Å². The lowest BCUT2D eigenvalue weighted by molar-refractivity contribution is -0.00518. The standard InChI is InChI=1S/C23H25ClN2O/c24-21-10-18(25)3-6-20(21)22(27)26-19-4-1-17(2-5-19)23-11-14-7-15(12-23)9-16(8-14)13-23/h1-6,10,14-16H,7-9,11-13,25H2,(H,26,27). The molecule has 4 heteroatoms. The van der Waals surface area contributed by atoms with E-state index in [0.29, 0.717) is 21.7 Å². The van der Waals surface area contributed by atoms with E-state index in [-0.39, 0.29) is 5.91 Å². The Labute approximate surface area is 165 Å². The average molecular weight is 381 g/mol. The summed E-state index contributed by atoms with van der Waals surface area (Å²) in [5.74, 6) is 2.59. The van der Waals surface area contributed by atoms with E-state index in [1.54, 1.807) is 18.2 Å². The van der Waals surface area contributed by atoms with Crippen LogP contribution >= 0.6 is 11.6 Å². The van der Waals surface area contributed by atoms with Crippen molar-refractivity contribution >= 4 is 28.9 Å². The number of rotatable bonds is 3. The van der Waals surface area contributed by atoms with Crippen LogP contribution in [0, 0.1) is 17.8 Å². The number of carbonyl (C=O) groups excluding carboxylic acids is 1. The minimum absolute atomic E-state index is 0.206. The highest BCUT2D eigenvalue weighted by Crippen LogP contribution is 2.60. The number of hydrogen-bond acceptors (Lipinski definition) is 2. The van der Waals surface area contributed by atoms with Crippen LogP contribution in [0.15, 0.2) is 42.5 Å². The number of carbonyl (C=O) groups is 1. The number of hydrogen-bond donors (Lipinski definition) is 2. The van der Waals surface area contributed by atoms with Crippen LogP contribution in [-0.2, 0) is 5.41 Å². The Balaban J connectivity index is 1.34. The maximum Gasteiger partial charge on any atom is 0.257 e. The van der Waals surface area contributed by atoms with E-state index in [2.05, 4.69) is 17.4 Å². The molecule has 27 heavy (non-hydrogen) atoms. The highest BCUT2D eigenvalue weighted by atomic mass is 35.5. The van der Waals surface area contributed by atoms with E-state index >= 15 is 0 Å². The van der Waals surface area contributed by atoms with E-state index in [0.717, 1.165) is 23.4 Å². The zero-order chi connectivity index (χ0) is 18.6. The van der Waals surface area contributed by atoms with Gasteiger partial charge >= 0.3 is 0 Å². The molecule has 140 valence electrons. The molecule has 3 nitrogen and oxygen atoms in total. The summed E-state index contributed by atoms with van der Waals surface area (Å²) in [6, 6.07) is 13.5. The third-order valence-corrected chi connectivity index (χ3v) is 7.34. The molecular formula is C23H25ClN2O. The van der Waals surface area contributed by atoms with Gasteiger partial charge in [0.1, 0.15) is 0 Å². The van der Waals surface area contributed by atoms with E-state index in [1.165, 1.54) is 44.1 Å². The van der Waals surface area contributed by atoms with Crippen LogP contribution in [0.2, 0.25) is 5.02 Å². The highest BCUT2D eigenvalue weighted by Gasteiger charge is 2.51. The third kappa shape index (κ3) is 3.02. The molecule has 4 fully saturated rings. The van der Waals surface area contributed by atoms with E-state index in [4.69, 9.17) is 17.3 Å². The summed E-state index contributed by atoms with van der Waals surface area (Å²) in [7, 11) is 0. The highest BCUT2D eigenvalue weighted by molar-refractivity contribution is 6.34. The van der Waals surface area contributed by atoms with Crippen molar-refractivity contribution in [2.75, 3.05) is 11.1 Å². The van der Waals surface area contributed by atoms with Crippen LogP contribution in [0.25, 0.3) is 0 Å². The van der Waals surface area contributed by atoms with Gasteiger partial charge in [-0.1, -0.05) is 23.7 Å². The molecule has 1 amide bonds. The second-order valence-electron chi connectivity index (χ2n) is 8.97. The van der Waals surface area contributed by atoms with Crippen molar-refractivity contribution in [3.63, 3.8) is 0 Å². The predicted octanol–water partition coefficient (Wildman–Crippen LogP) is 5.64. The zero-order valence-corrected chi connectivity index (χ0v) is 16.1. The largest absolute Gasteiger partial charge is 0.399 e. The van der Waals surface area contributed by atoms with Crippen LogP contribution in [-0.4, -0.2) is 5.91 Å². The molecule has 3 N–H and O–H groups in total. The maximum atomic E-state index is 12.5. The fourth-order valence-corrected chi connectivity index (χ4v) is 6.56. The molecule has 0 aliphatic heterocycles. The molecule has 0 saturated heterocycles. The van der Waals surface area contributed by atoms with Crippen LogP contribution in [0.4, 0.5) is 11.4 Å². The number of halogens is 1. The molecule has 4 bridgehead atoms. The number of amides is 1. The van der Waals surface area contributed by atoms with E-state index in [1.807, 2.05) is 12.1 Å². The lowest BCUT2D eigenvalue weighted by Crippen LogP contribution is -2.48. The Morgan fingerprint density at radius 1 is 0.963 bits per heavy atom. The van der Waals surface area contributed by atoms with Crippen LogP contribution < -0.4 is 11.1 Å². The molecule has 4 aliphatic carbocycles. The Morgan fingerprint density at radius 3 is 2.11 bits per heavy atom. The van der Waals surface area contributed by atoms with Gasteiger partial charge in [0.15, 0.2) is 0 Å². The third-order valence-electron chi connectivity index (χ3n) is 7.03. The van der Waals surface area contributed by atoms with Crippen molar-refractivity contribution in [3.8, 4) is 0 Å². The molecule has 4 aliphatic rings. The fourth-order valence-electron chi connectivity index (χ4n) is 6.29. The van der Waals surface area contributed by atoms with Gasteiger partial charge in [0.05, 0.1) is 10.6 Å². The van der Waals surface area contributed by atoms with Crippen molar-refractivity contribution in [2.24, 2.45) is 17.8 Å². The number of nitrogen functional groups attached to an aromatic ring is 1. The molecular weight excluding hydrogens is 356 g/mol. The Bertz CT molecular complexity index is 854. The fraction of sp³-hybridized carbons (Fsp3) is 0.435. The minimum Gasteiger partial charge on any atom is -0.399 e. The van der Waals surface area contributed by atoms with E-state index in [9.17, 15) is 4.79 Å². The minimum atomic E-state index is -0.206. The first-order valence-corrected chi connectivity index (χ1v) is 10.4. The van der Waals surface area contributed by atoms with Crippen LogP contribution in [0.1, 0.15) is 54.4 Å². The molecule has 2 aromatic carbocycles. The van der Waals surface area contributed by atoms with Crippen molar-refractivity contribution in [2.45, 2.75) is 43.9 Å². The second-order valence-corrected chi connectivity index (χ2v) is 9.38. The molecule has 0 heterocycles. The number of nitrogens with two attached hydrogens (primary N) is 1. The summed E-state index contributed by atoms with van der Waals surface area (Å²) in [6.07, 6.45) is 8.42. The molecule has 0 radical (unpaired) electrons. The number of anilines is 2. The topological polar surface area (TPSA) is 55.1 Å². The second kappa shape index (κ2) is 6.27. The number of nitrogens with one attached hydrogen (secondary N) is 1. The lowest BCUT2D eigenvalue weighted by Gasteiger charge is -2.57. The predicted molar refractivity (Wildman–Crippen MR) is 110 cm³/mol. The van der Waals surface area contributed by atoms with Crippen molar-refractivity contribution in [3.05, 3.63) is 58.6 Å². The monoisotopic (exact) mass is 380 g/mol. The summed E-state index contributed by atoms with van der Waals surface area (Å²) in [6.45, 7) is 0. The molecule has 0 aromatic heterocycles. The molecule has 0 spiro atoms. The smallest absolute Gasteiger partial charge is 0.257 e. The van der Waals surface area contributed by atoms with Crippen molar-refractivity contribution in [1.82, 2.24) is 0 Å². The lowest BCUT2D eigenvalue weighted by atomic mass is 9.48. The maximum absolute atomic E-state index is 12.5. The summed E-state index contributed by atoms with van der Waals surface area (Å²) in [5, 5.41) is 3.33. The Morgan fingerprint density at radius 2 is 1.56 bits per heavy atom. The zero-order valence-electron chi connectivity index (χ0n) is 15.4. The first-order chi connectivity index (χ1) is 13.0. The molecule has 6 rings (SSSR count). The molecule has 4 saturated carbocycles. The van der Waals surface area contributed by atoms with E-state index < -0.39 is 0 Å². The number of benzene rings is 2. The van der Waals surface area contributed by atoms with Gasteiger partial charge in [0.2, 0.25) is 0 Å². The normalized spacial score (nSPS) is 31.1. The van der Waals surface area contributed by atoms with Gasteiger partial charge < -0.3 is 11.1 Å². The van der Waals surface area contributed by atoms with Crippen molar-refractivity contribution in [1.29, 1.82) is 0 Å². The van der Waals surface area contributed by atoms with Gasteiger partial charge in [0, 0.05) is 11.4 Å². The first-order valence-electron chi connectivity index (χ1n) is 9.98. The summed E-state index contributed by atoms with van der Waals surface area (Å²) >= 11 is 6.15. The molecule has 2 aromatic rings. The van der Waals surface area contributed by atoms with Crippen LogP contribution in [0.3, 0.4) is 0 Å².